The minimum atomic E-state index is -0.870. The van der Waals surface area contributed by atoms with Crippen molar-refractivity contribution in [3.63, 3.8) is 0 Å². The first-order chi connectivity index (χ1) is 11.6. The molecule has 1 aromatic heterocycles. The van der Waals surface area contributed by atoms with E-state index in [-0.39, 0.29) is 18.5 Å². The van der Waals surface area contributed by atoms with Gasteiger partial charge in [0.25, 0.3) is 0 Å². The Morgan fingerprint density at radius 1 is 1.08 bits per heavy atom. The van der Waals surface area contributed by atoms with Gasteiger partial charge in [0.2, 0.25) is 0 Å². The molecule has 0 spiro atoms. The van der Waals surface area contributed by atoms with Crippen LogP contribution >= 0.6 is 0 Å². The van der Waals surface area contributed by atoms with Crippen molar-refractivity contribution in [3.8, 4) is 0 Å². The van der Waals surface area contributed by atoms with Gasteiger partial charge in [-0.05, 0) is 30.0 Å². The van der Waals surface area contributed by atoms with Crippen molar-refractivity contribution in [1.29, 1.82) is 0 Å². The van der Waals surface area contributed by atoms with Gasteiger partial charge in [0.15, 0.2) is 0 Å². The molecule has 6 heteroatoms. The van der Waals surface area contributed by atoms with Crippen LogP contribution in [0.5, 0.6) is 0 Å². The molecule has 126 valence electrons. The second-order valence-electron chi connectivity index (χ2n) is 5.51. The third-order valence-electron chi connectivity index (χ3n) is 3.54. The van der Waals surface area contributed by atoms with Gasteiger partial charge in [-0.3, -0.25) is 9.78 Å². The van der Waals surface area contributed by atoms with Crippen molar-refractivity contribution in [3.05, 3.63) is 66.0 Å². The van der Waals surface area contributed by atoms with E-state index in [0.717, 1.165) is 11.1 Å². The van der Waals surface area contributed by atoms with Crippen molar-refractivity contribution >= 4 is 12.0 Å². The first kappa shape index (κ1) is 17.5. The number of rotatable bonds is 8. The van der Waals surface area contributed by atoms with Crippen molar-refractivity contribution in [2.75, 3.05) is 0 Å². The van der Waals surface area contributed by atoms with E-state index < -0.39 is 5.97 Å². The van der Waals surface area contributed by atoms with E-state index >= 15 is 0 Å². The maximum Gasteiger partial charge on any atom is 0.315 e. The van der Waals surface area contributed by atoms with E-state index in [1.165, 1.54) is 0 Å². The molecule has 0 radical (unpaired) electrons. The molecule has 24 heavy (non-hydrogen) atoms. The highest BCUT2D eigenvalue weighted by Crippen LogP contribution is 2.08. The van der Waals surface area contributed by atoms with Crippen molar-refractivity contribution in [2.24, 2.45) is 0 Å². The third-order valence-corrected chi connectivity index (χ3v) is 3.54. The summed E-state index contributed by atoms with van der Waals surface area (Å²) in [5.41, 5.74) is 1.96. The summed E-state index contributed by atoms with van der Waals surface area (Å²) in [6, 6.07) is 12.8. The number of carboxylic acid groups (broad SMARTS) is 1. The Hall–Kier alpha value is -2.89. The minimum Gasteiger partial charge on any atom is -0.481 e. The molecule has 6 nitrogen and oxygen atoms in total. The van der Waals surface area contributed by atoms with E-state index in [4.69, 9.17) is 5.11 Å². The molecule has 0 aliphatic heterocycles. The van der Waals surface area contributed by atoms with Crippen LogP contribution in [0.2, 0.25) is 0 Å². The Morgan fingerprint density at radius 2 is 1.83 bits per heavy atom. The van der Waals surface area contributed by atoms with Gasteiger partial charge in [0.05, 0.1) is 0 Å². The van der Waals surface area contributed by atoms with Gasteiger partial charge in [-0.1, -0.05) is 36.4 Å². The van der Waals surface area contributed by atoms with Crippen molar-refractivity contribution in [1.82, 2.24) is 15.6 Å². The molecule has 0 saturated carbocycles. The molecule has 2 rings (SSSR count). The highest BCUT2D eigenvalue weighted by Gasteiger charge is 2.14. The number of nitrogens with one attached hydrogen (secondary N) is 2. The lowest BCUT2D eigenvalue weighted by atomic mass is 10.0. The van der Waals surface area contributed by atoms with E-state index in [1.807, 2.05) is 36.4 Å². The van der Waals surface area contributed by atoms with Gasteiger partial charge in [0.1, 0.15) is 0 Å². The molecule has 0 aliphatic carbocycles. The number of hydrogen-bond acceptors (Lipinski definition) is 3. The zero-order valence-corrected chi connectivity index (χ0v) is 13.3. The highest BCUT2D eigenvalue weighted by atomic mass is 16.4. The molecule has 0 fully saturated rings. The number of carboxylic acids is 1. The summed E-state index contributed by atoms with van der Waals surface area (Å²) in [7, 11) is 0. The smallest absolute Gasteiger partial charge is 0.315 e. The number of benzene rings is 1. The third kappa shape index (κ3) is 6.48. The Morgan fingerprint density at radius 3 is 2.50 bits per heavy atom. The van der Waals surface area contributed by atoms with E-state index in [1.54, 1.807) is 18.5 Å². The molecule has 1 atom stereocenters. The maximum absolute atomic E-state index is 12.1. The molecule has 0 aliphatic rings. The lowest BCUT2D eigenvalue weighted by Gasteiger charge is -2.18. The van der Waals surface area contributed by atoms with Crippen LogP contribution in [0.3, 0.4) is 0 Å². The quantitative estimate of drug-likeness (QED) is 0.694. The fourth-order valence-electron chi connectivity index (χ4n) is 2.34. The predicted molar refractivity (Wildman–Crippen MR) is 90.4 cm³/mol. The van der Waals surface area contributed by atoms with E-state index in [9.17, 15) is 9.59 Å². The average Bonchev–Trinajstić information content (AvgIpc) is 2.60. The second-order valence-corrected chi connectivity index (χ2v) is 5.51. The number of carbonyl (C=O) groups is 2. The molecule has 3 N–H and O–H groups in total. The topological polar surface area (TPSA) is 91.3 Å². The van der Waals surface area contributed by atoms with Crippen LogP contribution in [0, 0.1) is 0 Å². The SMILES string of the molecule is O=C(O)CCC(Cc1ccccc1)NC(=O)NCc1cccnc1. The summed E-state index contributed by atoms with van der Waals surface area (Å²) >= 11 is 0. The summed E-state index contributed by atoms with van der Waals surface area (Å²) < 4.78 is 0. The fraction of sp³-hybridized carbons (Fsp3) is 0.278. The molecule has 2 amide bonds. The van der Waals surface area contributed by atoms with Gasteiger partial charge in [-0.2, -0.15) is 0 Å². The van der Waals surface area contributed by atoms with E-state index in [0.29, 0.717) is 19.4 Å². The maximum atomic E-state index is 12.1. The summed E-state index contributed by atoms with van der Waals surface area (Å²) in [4.78, 5) is 26.9. The van der Waals surface area contributed by atoms with Crippen LogP contribution in [-0.2, 0) is 17.8 Å². The molecule has 1 heterocycles. The van der Waals surface area contributed by atoms with Crippen LogP contribution in [0.15, 0.2) is 54.9 Å². The number of hydrogen-bond donors (Lipinski definition) is 3. The van der Waals surface area contributed by atoms with Crippen molar-refractivity contribution in [2.45, 2.75) is 31.8 Å². The van der Waals surface area contributed by atoms with Crippen LogP contribution in [0.1, 0.15) is 24.0 Å². The molecule has 0 saturated heterocycles. The summed E-state index contributed by atoms with van der Waals surface area (Å²) in [6.45, 7) is 0.372. The van der Waals surface area contributed by atoms with Crippen LogP contribution < -0.4 is 10.6 Å². The average molecular weight is 327 g/mol. The highest BCUT2D eigenvalue weighted by molar-refractivity contribution is 5.74. The van der Waals surface area contributed by atoms with Gasteiger partial charge in [-0.25, -0.2) is 4.79 Å². The molecular formula is C18H21N3O3. The largest absolute Gasteiger partial charge is 0.481 e. The van der Waals surface area contributed by atoms with Crippen LogP contribution in [0.4, 0.5) is 4.79 Å². The number of aromatic nitrogens is 1. The van der Waals surface area contributed by atoms with Gasteiger partial charge in [-0.15, -0.1) is 0 Å². The van der Waals surface area contributed by atoms with Crippen LogP contribution in [-0.4, -0.2) is 28.1 Å². The summed E-state index contributed by atoms with van der Waals surface area (Å²) in [6.07, 6.45) is 4.34. The van der Waals surface area contributed by atoms with Gasteiger partial charge < -0.3 is 15.7 Å². The summed E-state index contributed by atoms with van der Waals surface area (Å²) in [5.74, 6) is -0.870. The lowest BCUT2D eigenvalue weighted by molar-refractivity contribution is -0.137. The Balaban J connectivity index is 1.88. The second kappa shape index (κ2) is 9.29. The van der Waals surface area contributed by atoms with E-state index in [2.05, 4.69) is 15.6 Å². The Kier molecular flexibility index (Phi) is 6.76. The molecule has 1 unspecified atom stereocenters. The number of nitrogens with zero attached hydrogens (tertiary/aromatic N) is 1. The van der Waals surface area contributed by atoms with Gasteiger partial charge >= 0.3 is 12.0 Å². The monoisotopic (exact) mass is 327 g/mol. The Bertz CT molecular complexity index is 647. The van der Waals surface area contributed by atoms with Crippen LogP contribution in [0.25, 0.3) is 0 Å². The van der Waals surface area contributed by atoms with Crippen molar-refractivity contribution < 1.29 is 14.7 Å². The molecular weight excluding hydrogens is 306 g/mol. The zero-order chi connectivity index (χ0) is 17.2. The van der Waals surface area contributed by atoms with Gasteiger partial charge in [0, 0.05) is 31.4 Å². The normalized spacial score (nSPS) is 11.5. The molecule has 1 aromatic carbocycles. The zero-order valence-electron chi connectivity index (χ0n) is 13.3. The summed E-state index contributed by atoms with van der Waals surface area (Å²) in [5, 5.41) is 14.5. The number of amides is 2. The minimum absolute atomic E-state index is 0.0143. The number of aliphatic carboxylic acids is 1. The number of pyridine rings is 1. The number of carbonyl (C=O) groups excluding carboxylic acids is 1. The Labute approximate surface area is 140 Å². The fourth-order valence-corrected chi connectivity index (χ4v) is 2.34. The predicted octanol–water partition coefficient (Wildman–Crippen LogP) is 2.36. The molecule has 2 aromatic rings. The molecule has 0 bridgehead atoms. The first-order valence-corrected chi connectivity index (χ1v) is 7.82. The first-order valence-electron chi connectivity index (χ1n) is 7.82. The number of urea groups is 1. The lowest BCUT2D eigenvalue weighted by Crippen LogP contribution is -2.43. The standard InChI is InChI=1S/C18H21N3O3/c22-17(23)9-8-16(11-14-5-2-1-3-6-14)21-18(24)20-13-15-7-4-10-19-12-15/h1-7,10,12,16H,8-9,11,13H2,(H,22,23)(H2,20,21,24).